The van der Waals surface area contributed by atoms with Gasteiger partial charge >= 0.3 is 5.97 Å². The smallest absolute Gasteiger partial charge is 0.320 e. The van der Waals surface area contributed by atoms with Crippen LogP contribution >= 0.6 is 12.6 Å². The maximum absolute atomic E-state index is 10.1. The second-order valence-corrected chi connectivity index (χ2v) is 2.39. The molecule has 54 valence electrons. The predicted octanol–water partition coefficient (Wildman–Crippen LogP) is -0.0358. The zero-order valence-corrected chi connectivity index (χ0v) is 6.14. The number of carboxylic acid groups (broad SMARTS) is 1. The minimum atomic E-state index is -0.962. The molecule has 4 heteroatoms. The van der Waals surface area contributed by atoms with Gasteiger partial charge in [0.2, 0.25) is 0 Å². The first-order valence-corrected chi connectivity index (χ1v) is 3.32. The minimum Gasteiger partial charge on any atom is -0.480 e. The van der Waals surface area contributed by atoms with E-state index in [9.17, 15) is 4.79 Å². The van der Waals surface area contributed by atoms with Crippen molar-refractivity contribution in [1.82, 2.24) is 0 Å². The van der Waals surface area contributed by atoms with E-state index >= 15 is 0 Å². The molecule has 3 N–H and O–H groups in total. The van der Waals surface area contributed by atoms with Crippen LogP contribution in [0.1, 0.15) is 6.92 Å². The molecule has 0 spiro atoms. The van der Waals surface area contributed by atoms with Crippen molar-refractivity contribution in [3.05, 3.63) is 0 Å². The van der Waals surface area contributed by atoms with E-state index in [2.05, 4.69) is 12.6 Å². The lowest BCUT2D eigenvalue weighted by molar-refractivity contribution is -0.139. The van der Waals surface area contributed by atoms with Gasteiger partial charge in [-0.2, -0.15) is 12.6 Å². The molecule has 9 heavy (non-hydrogen) atoms. The Morgan fingerprint density at radius 3 is 2.44 bits per heavy atom. The van der Waals surface area contributed by atoms with Crippen LogP contribution in [0, 0.1) is 5.92 Å². The Morgan fingerprint density at radius 1 is 1.89 bits per heavy atom. The van der Waals surface area contributed by atoms with E-state index in [0.717, 1.165) is 0 Å². The van der Waals surface area contributed by atoms with Crippen molar-refractivity contribution in [3.8, 4) is 0 Å². The second kappa shape index (κ2) is 3.74. The van der Waals surface area contributed by atoms with E-state index in [1.165, 1.54) is 0 Å². The number of aliphatic carboxylic acids is 1. The third-order valence-electron chi connectivity index (χ3n) is 1.19. The van der Waals surface area contributed by atoms with Gasteiger partial charge in [0, 0.05) is 0 Å². The first-order chi connectivity index (χ1) is 4.09. The maximum Gasteiger partial charge on any atom is 0.320 e. The predicted molar refractivity (Wildman–Crippen MR) is 38.6 cm³/mol. The number of hydrogen-bond donors (Lipinski definition) is 3. The van der Waals surface area contributed by atoms with E-state index in [-0.39, 0.29) is 5.92 Å². The van der Waals surface area contributed by atoms with Gasteiger partial charge in [0.05, 0.1) is 0 Å². The van der Waals surface area contributed by atoms with E-state index < -0.39 is 12.0 Å². The van der Waals surface area contributed by atoms with Crippen LogP contribution in [0.25, 0.3) is 0 Å². The van der Waals surface area contributed by atoms with Crippen molar-refractivity contribution >= 4 is 18.6 Å². The zero-order valence-electron chi connectivity index (χ0n) is 5.24. The Kier molecular flexibility index (Phi) is 3.65. The van der Waals surface area contributed by atoms with Gasteiger partial charge in [-0.3, -0.25) is 4.79 Å². The highest BCUT2D eigenvalue weighted by molar-refractivity contribution is 7.80. The van der Waals surface area contributed by atoms with Gasteiger partial charge in [-0.25, -0.2) is 0 Å². The maximum atomic E-state index is 10.1. The summed E-state index contributed by atoms with van der Waals surface area (Å²) in [6, 6.07) is -0.775. The summed E-state index contributed by atoms with van der Waals surface area (Å²) in [7, 11) is 0. The number of thiol groups is 1. The standard InChI is InChI=1S/C5H11NO2S/c1-3(2-9)4(6)5(7)8/h3-4,9H,2,6H2,1H3,(H,7,8)/t3?,4-/m1/s1. The highest BCUT2D eigenvalue weighted by atomic mass is 32.1. The average molecular weight is 149 g/mol. The fourth-order valence-corrected chi connectivity index (χ4v) is 0.584. The Hall–Kier alpha value is -0.220. The zero-order chi connectivity index (χ0) is 7.44. The summed E-state index contributed by atoms with van der Waals surface area (Å²) in [4.78, 5) is 10.1. The topological polar surface area (TPSA) is 63.3 Å². The first-order valence-electron chi connectivity index (χ1n) is 2.68. The van der Waals surface area contributed by atoms with Gasteiger partial charge in [0.25, 0.3) is 0 Å². The molecule has 0 saturated carbocycles. The quantitative estimate of drug-likeness (QED) is 0.493. The molecule has 0 aromatic carbocycles. The molecule has 0 amide bonds. The molecule has 0 aromatic heterocycles. The summed E-state index contributed by atoms with van der Waals surface area (Å²) in [6.07, 6.45) is 0. The Balaban J connectivity index is 3.72. The molecule has 0 aliphatic carbocycles. The highest BCUT2D eigenvalue weighted by Crippen LogP contribution is 2.01. The van der Waals surface area contributed by atoms with Crippen LogP contribution in [-0.4, -0.2) is 22.9 Å². The summed E-state index contributed by atoms with van der Waals surface area (Å²) in [6.45, 7) is 1.76. The number of hydrogen-bond acceptors (Lipinski definition) is 3. The van der Waals surface area contributed by atoms with Gasteiger partial charge in [0.15, 0.2) is 0 Å². The van der Waals surface area contributed by atoms with Crippen LogP contribution in [0.2, 0.25) is 0 Å². The average Bonchev–Trinajstić information content (AvgIpc) is 1.84. The largest absolute Gasteiger partial charge is 0.480 e. The molecule has 2 atom stereocenters. The van der Waals surface area contributed by atoms with Crippen LogP contribution in [0.3, 0.4) is 0 Å². The summed E-state index contributed by atoms with van der Waals surface area (Å²) in [5.41, 5.74) is 5.22. The van der Waals surface area contributed by atoms with E-state index in [0.29, 0.717) is 5.75 Å². The monoisotopic (exact) mass is 149 g/mol. The lowest BCUT2D eigenvalue weighted by atomic mass is 10.1. The summed E-state index contributed by atoms with van der Waals surface area (Å²) >= 11 is 3.91. The molecule has 0 radical (unpaired) electrons. The first kappa shape index (κ1) is 8.78. The van der Waals surface area contributed by atoms with Crippen molar-refractivity contribution in [2.45, 2.75) is 13.0 Å². The molecule has 0 rings (SSSR count). The minimum absolute atomic E-state index is 0.0640. The van der Waals surface area contributed by atoms with Crippen molar-refractivity contribution in [3.63, 3.8) is 0 Å². The Labute approximate surface area is 59.6 Å². The third kappa shape index (κ3) is 2.72. The molecule has 0 fully saturated rings. The third-order valence-corrected chi connectivity index (χ3v) is 1.76. The van der Waals surface area contributed by atoms with Gasteiger partial charge < -0.3 is 10.8 Å². The molecule has 0 aromatic rings. The fourth-order valence-electron chi connectivity index (χ4n) is 0.357. The van der Waals surface area contributed by atoms with Crippen LogP contribution < -0.4 is 5.73 Å². The van der Waals surface area contributed by atoms with Crippen molar-refractivity contribution in [2.24, 2.45) is 11.7 Å². The summed E-state index contributed by atoms with van der Waals surface area (Å²) in [5, 5.41) is 8.32. The highest BCUT2D eigenvalue weighted by Gasteiger charge is 2.17. The summed E-state index contributed by atoms with van der Waals surface area (Å²) < 4.78 is 0. The number of carbonyl (C=O) groups is 1. The number of rotatable bonds is 3. The lowest BCUT2D eigenvalue weighted by Crippen LogP contribution is -2.37. The fraction of sp³-hybridized carbons (Fsp3) is 0.800. The molecular weight excluding hydrogens is 138 g/mol. The van der Waals surface area contributed by atoms with Gasteiger partial charge in [-0.05, 0) is 11.7 Å². The molecule has 0 bridgehead atoms. The SMILES string of the molecule is CC(CS)[C@@H](N)C(=O)O. The normalized spacial score (nSPS) is 16.8. The molecule has 0 aliphatic heterocycles. The molecule has 0 heterocycles. The Morgan fingerprint density at radius 2 is 2.33 bits per heavy atom. The van der Waals surface area contributed by atoms with Gasteiger partial charge in [-0.15, -0.1) is 0 Å². The number of carboxylic acids is 1. The molecule has 0 aliphatic rings. The van der Waals surface area contributed by atoms with Crippen LogP contribution in [-0.2, 0) is 4.79 Å². The van der Waals surface area contributed by atoms with E-state index in [1.54, 1.807) is 6.92 Å². The lowest BCUT2D eigenvalue weighted by Gasteiger charge is -2.11. The number of nitrogens with two attached hydrogens (primary N) is 1. The summed E-state index contributed by atoms with van der Waals surface area (Å²) in [5.74, 6) is -0.518. The van der Waals surface area contributed by atoms with E-state index in [1.807, 2.05) is 0 Å². The molecule has 1 unspecified atom stereocenters. The van der Waals surface area contributed by atoms with Crippen molar-refractivity contribution < 1.29 is 9.90 Å². The molecule has 0 saturated heterocycles. The van der Waals surface area contributed by atoms with Gasteiger partial charge in [0.1, 0.15) is 6.04 Å². The van der Waals surface area contributed by atoms with Crippen LogP contribution in [0.15, 0.2) is 0 Å². The van der Waals surface area contributed by atoms with Crippen molar-refractivity contribution in [1.29, 1.82) is 0 Å². The van der Waals surface area contributed by atoms with Crippen LogP contribution in [0.4, 0.5) is 0 Å². The molecular formula is C5H11NO2S. The molecule has 3 nitrogen and oxygen atoms in total. The van der Waals surface area contributed by atoms with Crippen LogP contribution in [0.5, 0.6) is 0 Å². The van der Waals surface area contributed by atoms with Crippen molar-refractivity contribution in [2.75, 3.05) is 5.75 Å². The Bertz CT molecular complexity index is 107. The second-order valence-electron chi connectivity index (χ2n) is 2.02. The van der Waals surface area contributed by atoms with Gasteiger partial charge in [-0.1, -0.05) is 6.92 Å². The van der Waals surface area contributed by atoms with E-state index in [4.69, 9.17) is 10.8 Å².